The summed E-state index contributed by atoms with van der Waals surface area (Å²) in [4.78, 5) is 32.1. The minimum Gasteiger partial charge on any atom is -0.481 e. The summed E-state index contributed by atoms with van der Waals surface area (Å²) in [5.74, 6) is -1.08. The van der Waals surface area contributed by atoms with E-state index in [1.165, 1.54) is 0 Å². The Kier molecular flexibility index (Phi) is 6.18. The van der Waals surface area contributed by atoms with Gasteiger partial charge in [-0.15, -0.1) is 0 Å². The summed E-state index contributed by atoms with van der Waals surface area (Å²) in [6, 6.07) is 0. The third kappa shape index (κ3) is 5.63. The van der Waals surface area contributed by atoms with Gasteiger partial charge in [-0.2, -0.15) is 0 Å². The van der Waals surface area contributed by atoms with Crippen molar-refractivity contribution in [2.75, 3.05) is 6.54 Å². The van der Waals surface area contributed by atoms with Crippen molar-refractivity contribution in [3.05, 3.63) is 22.3 Å². The van der Waals surface area contributed by atoms with Crippen LogP contribution in [0.3, 0.4) is 0 Å². The lowest BCUT2D eigenvalue weighted by Crippen LogP contribution is -2.21. The average molecular weight is 269 g/mol. The van der Waals surface area contributed by atoms with E-state index in [-0.39, 0.29) is 35.5 Å². The van der Waals surface area contributed by atoms with Crippen LogP contribution in [-0.2, 0) is 9.59 Å². The molecule has 0 spiro atoms. The van der Waals surface area contributed by atoms with Gasteiger partial charge in [0.2, 0.25) is 6.54 Å². The number of carboxylic acids is 1. The Labute approximate surface area is 111 Å². The lowest BCUT2D eigenvalue weighted by molar-refractivity contribution is -0.489. The van der Waals surface area contributed by atoms with Crippen LogP contribution < -0.4 is 0 Å². The molecule has 6 nitrogen and oxygen atoms in total. The molecule has 0 saturated heterocycles. The van der Waals surface area contributed by atoms with Crippen molar-refractivity contribution in [3.8, 4) is 0 Å². The van der Waals surface area contributed by atoms with Crippen LogP contribution in [0.4, 0.5) is 0 Å². The van der Waals surface area contributed by atoms with Crippen LogP contribution in [0.1, 0.15) is 38.5 Å². The molecule has 1 N–H and O–H groups in total. The molecule has 0 aromatic heterocycles. The van der Waals surface area contributed by atoms with Crippen molar-refractivity contribution in [2.24, 2.45) is 11.8 Å². The summed E-state index contributed by atoms with van der Waals surface area (Å²) in [6.45, 7) is -0.136. The van der Waals surface area contributed by atoms with Crippen molar-refractivity contribution >= 4 is 11.8 Å². The molecule has 2 unspecified atom stereocenters. The van der Waals surface area contributed by atoms with Gasteiger partial charge >= 0.3 is 5.97 Å². The summed E-state index contributed by atoms with van der Waals surface area (Å²) in [7, 11) is 0. The summed E-state index contributed by atoms with van der Waals surface area (Å²) in [6.07, 6.45) is 6.66. The average Bonchev–Trinajstić information content (AvgIpc) is 2.64. The van der Waals surface area contributed by atoms with Gasteiger partial charge < -0.3 is 5.11 Å². The first-order chi connectivity index (χ1) is 9.00. The highest BCUT2D eigenvalue weighted by molar-refractivity contribution is 5.83. The first-order valence-electron chi connectivity index (χ1n) is 6.52. The Morgan fingerprint density at radius 3 is 2.84 bits per heavy atom. The van der Waals surface area contributed by atoms with Gasteiger partial charge in [0.05, 0.1) is 0 Å². The zero-order valence-electron chi connectivity index (χ0n) is 10.8. The van der Waals surface area contributed by atoms with Gasteiger partial charge in [0.1, 0.15) is 5.78 Å². The Hall–Kier alpha value is -1.72. The van der Waals surface area contributed by atoms with Gasteiger partial charge in [0.25, 0.3) is 0 Å². The van der Waals surface area contributed by atoms with E-state index in [9.17, 15) is 19.7 Å². The molecule has 0 heterocycles. The molecule has 1 fully saturated rings. The third-order valence-electron chi connectivity index (χ3n) is 3.45. The van der Waals surface area contributed by atoms with E-state index >= 15 is 0 Å². The largest absolute Gasteiger partial charge is 0.481 e. The number of ketones is 1. The molecule has 106 valence electrons. The number of nitro groups is 1. The van der Waals surface area contributed by atoms with E-state index in [1.807, 2.05) is 12.2 Å². The van der Waals surface area contributed by atoms with Gasteiger partial charge in [-0.25, -0.2) is 0 Å². The normalized spacial score (nSPS) is 23.1. The number of hydrogen-bond acceptors (Lipinski definition) is 4. The number of rotatable bonds is 8. The second-order valence-electron chi connectivity index (χ2n) is 4.88. The summed E-state index contributed by atoms with van der Waals surface area (Å²) in [5.41, 5.74) is 0. The van der Waals surface area contributed by atoms with E-state index < -0.39 is 5.97 Å². The van der Waals surface area contributed by atoms with E-state index in [0.717, 1.165) is 0 Å². The summed E-state index contributed by atoms with van der Waals surface area (Å²) < 4.78 is 0. The fourth-order valence-corrected chi connectivity index (χ4v) is 2.44. The van der Waals surface area contributed by atoms with Crippen molar-refractivity contribution < 1.29 is 19.6 Å². The zero-order valence-corrected chi connectivity index (χ0v) is 10.8. The van der Waals surface area contributed by atoms with Crippen molar-refractivity contribution in [2.45, 2.75) is 38.5 Å². The first kappa shape index (κ1) is 15.3. The number of unbranched alkanes of at least 4 members (excludes halogenated alkanes) is 1. The number of hydrogen-bond donors (Lipinski definition) is 1. The Balaban J connectivity index is 2.32. The van der Waals surface area contributed by atoms with Crippen LogP contribution in [0.5, 0.6) is 0 Å². The van der Waals surface area contributed by atoms with Crippen LogP contribution >= 0.6 is 0 Å². The fraction of sp³-hybridized carbons (Fsp3) is 0.692. The minimum absolute atomic E-state index is 0.113. The predicted octanol–water partition coefficient (Wildman–Crippen LogP) is 2.06. The number of carbonyl (C=O) groups excluding carboxylic acids is 1. The van der Waals surface area contributed by atoms with E-state index in [0.29, 0.717) is 32.1 Å². The molecule has 1 aliphatic rings. The molecular weight excluding hydrogens is 250 g/mol. The molecular formula is C13H19NO5. The van der Waals surface area contributed by atoms with Crippen molar-refractivity contribution in [3.63, 3.8) is 0 Å². The SMILES string of the molecule is O=C(O)CCCC=CCC1C(=O)CCC1C[N+](=O)[O-]. The lowest BCUT2D eigenvalue weighted by atomic mass is 9.92. The fourth-order valence-electron chi connectivity index (χ4n) is 2.44. The third-order valence-corrected chi connectivity index (χ3v) is 3.45. The molecule has 1 rings (SSSR count). The van der Waals surface area contributed by atoms with Gasteiger partial charge in [-0.1, -0.05) is 12.2 Å². The maximum Gasteiger partial charge on any atom is 0.303 e. The predicted molar refractivity (Wildman–Crippen MR) is 68.3 cm³/mol. The summed E-state index contributed by atoms with van der Waals surface area (Å²) in [5, 5.41) is 19.0. The lowest BCUT2D eigenvalue weighted by Gasteiger charge is -2.12. The molecule has 1 aliphatic carbocycles. The number of aliphatic carboxylic acids is 1. The van der Waals surface area contributed by atoms with Crippen molar-refractivity contribution in [1.29, 1.82) is 0 Å². The Bertz CT molecular complexity index is 377. The van der Waals surface area contributed by atoms with Crippen molar-refractivity contribution in [1.82, 2.24) is 0 Å². The molecule has 0 aromatic rings. The van der Waals surface area contributed by atoms with Crippen LogP contribution in [0.25, 0.3) is 0 Å². The van der Waals surface area contributed by atoms with Gasteiger partial charge in [-0.3, -0.25) is 19.7 Å². The summed E-state index contributed by atoms with van der Waals surface area (Å²) >= 11 is 0. The first-order valence-corrected chi connectivity index (χ1v) is 6.52. The molecule has 0 radical (unpaired) electrons. The molecule has 0 amide bonds. The zero-order chi connectivity index (χ0) is 14.3. The van der Waals surface area contributed by atoms with Crippen LogP contribution in [0, 0.1) is 22.0 Å². The van der Waals surface area contributed by atoms with Crippen LogP contribution in [0.2, 0.25) is 0 Å². The van der Waals surface area contributed by atoms with E-state index in [4.69, 9.17) is 5.11 Å². The monoisotopic (exact) mass is 269 g/mol. The topological polar surface area (TPSA) is 97.5 Å². The molecule has 19 heavy (non-hydrogen) atoms. The van der Waals surface area contributed by atoms with Gasteiger partial charge in [-0.05, 0) is 25.7 Å². The van der Waals surface area contributed by atoms with Gasteiger partial charge in [0, 0.05) is 29.6 Å². The molecule has 2 atom stereocenters. The second kappa shape index (κ2) is 7.66. The number of Topliss-reactive ketones (excluding diaryl/α,β-unsaturated/α-hetero) is 1. The standard InChI is InChI=1S/C13H19NO5/c15-12-8-7-10(9-14(18)19)11(12)5-3-1-2-4-6-13(16)17/h1,3,10-11H,2,4-9H2,(H,16,17). The number of allylic oxidation sites excluding steroid dienone is 2. The van der Waals surface area contributed by atoms with E-state index in [1.54, 1.807) is 0 Å². The second-order valence-corrected chi connectivity index (χ2v) is 4.88. The quantitative estimate of drug-likeness (QED) is 0.315. The highest BCUT2D eigenvalue weighted by atomic mass is 16.6. The van der Waals surface area contributed by atoms with E-state index in [2.05, 4.69) is 0 Å². The van der Waals surface area contributed by atoms with Crippen LogP contribution in [0.15, 0.2) is 12.2 Å². The Morgan fingerprint density at radius 1 is 1.47 bits per heavy atom. The Morgan fingerprint density at radius 2 is 2.21 bits per heavy atom. The molecule has 0 aliphatic heterocycles. The molecule has 6 heteroatoms. The maximum absolute atomic E-state index is 11.6. The smallest absolute Gasteiger partial charge is 0.303 e. The minimum atomic E-state index is -0.814. The maximum atomic E-state index is 11.6. The molecule has 0 aromatic carbocycles. The van der Waals surface area contributed by atoms with Gasteiger partial charge in [0.15, 0.2) is 0 Å². The molecule has 0 bridgehead atoms. The molecule has 1 saturated carbocycles. The number of nitrogens with zero attached hydrogens (tertiary/aromatic N) is 1. The van der Waals surface area contributed by atoms with Crippen LogP contribution in [-0.4, -0.2) is 28.3 Å². The number of carboxylic acid groups (broad SMARTS) is 1. The highest BCUT2D eigenvalue weighted by Gasteiger charge is 2.36. The number of carbonyl (C=O) groups is 2. The highest BCUT2D eigenvalue weighted by Crippen LogP contribution is 2.31.